The van der Waals surface area contributed by atoms with E-state index in [1.807, 2.05) is 0 Å². The van der Waals surface area contributed by atoms with Crippen molar-refractivity contribution in [1.82, 2.24) is 0 Å². The molecular formula is C10H9BrClNO. The molecule has 0 radical (unpaired) electrons. The largest absolute Gasteiger partial charge is 0.505 e. The van der Waals surface area contributed by atoms with Crippen molar-refractivity contribution in [1.29, 1.82) is 0 Å². The molecule has 0 aliphatic heterocycles. The lowest BCUT2D eigenvalue weighted by atomic mass is 10.1. The van der Waals surface area contributed by atoms with Crippen LogP contribution < -0.4 is 5.73 Å². The Morgan fingerprint density at radius 2 is 2.21 bits per heavy atom. The van der Waals surface area contributed by atoms with Crippen LogP contribution in [0.15, 0.2) is 12.1 Å². The highest BCUT2D eigenvalue weighted by Gasteiger charge is 2.03. The highest BCUT2D eigenvalue weighted by molar-refractivity contribution is 9.09. The standard InChI is InChI=1S/C10H9BrClNO/c11-4-2-1-3-7-5-8(12)6-9(13)10(7)14/h5-6,14H,2,4,13H2. The number of halogens is 2. The smallest absolute Gasteiger partial charge is 0.154 e. The molecule has 0 aliphatic carbocycles. The Bertz CT molecular complexity index is 395. The molecule has 0 atom stereocenters. The van der Waals surface area contributed by atoms with Gasteiger partial charge in [-0.2, -0.15) is 0 Å². The molecule has 0 aliphatic rings. The van der Waals surface area contributed by atoms with Gasteiger partial charge in [0.25, 0.3) is 0 Å². The summed E-state index contributed by atoms with van der Waals surface area (Å²) in [5.74, 6) is 5.67. The minimum atomic E-state index is -0.00327. The number of rotatable bonds is 1. The number of phenolic OH excluding ortho intramolecular Hbond substituents is 1. The van der Waals surface area contributed by atoms with Gasteiger partial charge in [0.2, 0.25) is 0 Å². The van der Waals surface area contributed by atoms with Gasteiger partial charge in [-0.1, -0.05) is 39.4 Å². The molecule has 0 aromatic heterocycles. The molecule has 0 spiro atoms. The number of alkyl halides is 1. The number of nitrogen functional groups attached to an aromatic ring is 1. The molecule has 1 aromatic carbocycles. The van der Waals surface area contributed by atoms with Crippen molar-refractivity contribution < 1.29 is 5.11 Å². The zero-order valence-corrected chi connectivity index (χ0v) is 9.69. The Labute approximate surface area is 96.2 Å². The van der Waals surface area contributed by atoms with E-state index in [9.17, 15) is 5.11 Å². The molecule has 2 nitrogen and oxygen atoms in total. The molecule has 0 fully saturated rings. The summed E-state index contributed by atoms with van der Waals surface area (Å²) < 4.78 is 0. The van der Waals surface area contributed by atoms with Crippen LogP contribution in [0.25, 0.3) is 0 Å². The van der Waals surface area contributed by atoms with Gasteiger partial charge in [0.15, 0.2) is 5.75 Å². The summed E-state index contributed by atoms with van der Waals surface area (Å²) >= 11 is 9.02. The van der Waals surface area contributed by atoms with Gasteiger partial charge in [-0.15, -0.1) is 0 Å². The van der Waals surface area contributed by atoms with Crippen molar-refractivity contribution in [2.45, 2.75) is 6.42 Å². The zero-order chi connectivity index (χ0) is 10.6. The monoisotopic (exact) mass is 273 g/mol. The zero-order valence-electron chi connectivity index (χ0n) is 7.35. The molecule has 14 heavy (non-hydrogen) atoms. The molecule has 0 unspecified atom stereocenters. The quantitative estimate of drug-likeness (QED) is 0.358. The minimum Gasteiger partial charge on any atom is -0.505 e. The minimum absolute atomic E-state index is 0.00327. The lowest BCUT2D eigenvalue weighted by molar-refractivity contribution is 0.476. The number of aromatic hydroxyl groups is 1. The average Bonchev–Trinajstić information content (AvgIpc) is 2.13. The van der Waals surface area contributed by atoms with Crippen LogP contribution in [-0.2, 0) is 0 Å². The molecule has 74 valence electrons. The Morgan fingerprint density at radius 1 is 1.50 bits per heavy atom. The van der Waals surface area contributed by atoms with E-state index in [1.54, 1.807) is 6.07 Å². The van der Waals surface area contributed by atoms with Gasteiger partial charge >= 0.3 is 0 Å². The number of benzene rings is 1. The van der Waals surface area contributed by atoms with E-state index in [-0.39, 0.29) is 11.4 Å². The third-order valence-electron chi connectivity index (χ3n) is 1.55. The second-order valence-electron chi connectivity index (χ2n) is 2.63. The highest BCUT2D eigenvalue weighted by atomic mass is 79.9. The maximum atomic E-state index is 9.52. The molecule has 0 saturated carbocycles. The first kappa shape index (κ1) is 11.2. The van der Waals surface area contributed by atoms with Crippen LogP contribution in [0, 0.1) is 11.8 Å². The van der Waals surface area contributed by atoms with Crippen molar-refractivity contribution >= 4 is 33.2 Å². The summed E-state index contributed by atoms with van der Waals surface area (Å²) in [7, 11) is 0. The van der Waals surface area contributed by atoms with Crippen molar-refractivity contribution in [2.75, 3.05) is 11.1 Å². The first-order valence-corrected chi connectivity index (χ1v) is 5.48. The summed E-state index contributed by atoms with van der Waals surface area (Å²) in [6.07, 6.45) is 0.714. The summed E-state index contributed by atoms with van der Waals surface area (Å²) in [6.45, 7) is 0. The first-order valence-electron chi connectivity index (χ1n) is 3.98. The third-order valence-corrected chi connectivity index (χ3v) is 2.16. The Hall–Kier alpha value is -0.850. The van der Waals surface area contributed by atoms with E-state index < -0.39 is 0 Å². The van der Waals surface area contributed by atoms with E-state index in [0.717, 1.165) is 5.33 Å². The van der Waals surface area contributed by atoms with Crippen LogP contribution in [0.5, 0.6) is 5.75 Å². The summed E-state index contributed by atoms with van der Waals surface area (Å²) in [5, 5.41) is 10.8. The van der Waals surface area contributed by atoms with Crippen molar-refractivity contribution in [3.63, 3.8) is 0 Å². The Morgan fingerprint density at radius 3 is 2.86 bits per heavy atom. The summed E-state index contributed by atoms with van der Waals surface area (Å²) in [6, 6.07) is 3.08. The predicted molar refractivity (Wildman–Crippen MR) is 62.8 cm³/mol. The van der Waals surface area contributed by atoms with Gasteiger partial charge in [-0.3, -0.25) is 0 Å². The van der Waals surface area contributed by atoms with Crippen molar-refractivity contribution in [3.05, 3.63) is 22.7 Å². The summed E-state index contributed by atoms with van der Waals surface area (Å²) in [5.41, 5.74) is 6.23. The lowest BCUT2D eigenvalue weighted by Crippen LogP contribution is -1.88. The SMILES string of the molecule is Nc1cc(Cl)cc(C#CCCBr)c1O. The van der Waals surface area contributed by atoms with Gasteiger partial charge in [0.05, 0.1) is 11.3 Å². The Kier molecular flexibility index (Phi) is 4.12. The van der Waals surface area contributed by atoms with E-state index in [1.165, 1.54) is 6.07 Å². The fourth-order valence-electron chi connectivity index (χ4n) is 0.921. The normalized spacial score (nSPS) is 9.29. The number of phenols is 1. The van der Waals surface area contributed by atoms with E-state index >= 15 is 0 Å². The van der Waals surface area contributed by atoms with Crippen molar-refractivity contribution in [3.8, 4) is 17.6 Å². The maximum absolute atomic E-state index is 9.52. The maximum Gasteiger partial charge on any atom is 0.154 e. The Balaban J connectivity index is 3.04. The number of anilines is 1. The van der Waals surface area contributed by atoms with Crippen LogP contribution >= 0.6 is 27.5 Å². The van der Waals surface area contributed by atoms with Crippen LogP contribution in [0.2, 0.25) is 5.02 Å². The molecule has 0 amide bonds. The fourth-order valence-corrected chi connectivity index (χ4v) is 1.35. The van der Waals surface area contributed by atoms with Crippen LogP contribution in [-0.4, -0.2) is 10.4 Å². The van der Waals surface area contributed by atoms with Gasteiger partial charge < -0.3 is 10.8 Å². The van der Waals surface area contributed by atoms with Gasteiger partial charge in [-0.25, -0.2) is 0 Å². The number of hydrogen-bond donors (Lipinski definition) is 2. The second kappa shape index (κ2) is 5.14. The van der Waals surface area contributed by atoms with Crippen LogP contribution in [0.3, 0.4) is 0 Å². The molecule has 1 aromatic rings. The number of nitrogens with two attached hydrogens (primary N) is 1. The second-order valence-corrected chi connectivity index (χ2v) is 3.86. The lowest BCUT2D eigenvalue weighted by Gasteiger charge is -2.01. The van der Waals surface area contributed by atoms with E-state index in [2.05, 4.69) is 27.8 Å². The molecular weight excluding hydrogens is 265 g/mol. The van der Waals surface area contributed by atoms with E-state index in [0.29, 0.717) is 17.0 Å². The predicted octanol–water partition coefficient (Wildman–Crippen LogP) is 2.76. The third kappa shape index (κ3) is 2.83. The molecule has 4 heteroatoms. The fraction of sp³-hybridized carbons (Fsp3) is 0.200. The van der Waals surface area contributed by atoms with Crippen LogP contribution in [0.4, 0.5) is 5.69 Å². The van der Waals surface area contributed by atoms with Crippen molar-refractivity contribution in [2.24, 2.45) is 0 Å². The molecule has 3 N–H and O–H groups in total. The molecule has 0 saturated heterocycles. The van der Waals surface area contributed by atoms with Gasteiger partial charge in [0, 0.05) is 16.8 Å². The van der Waals surface area contributed by atoms with E-state index in [4.69, 9.17) is 17.3 Å². The average molecular weight is 275 g/mol. The number of hydrogen-bond acceptors (Lipinski definition) is 2. The topological polar surface area (TPSA) is 46.2 Å². The summed E-state index contributed by atoms with van der Waals surface area (Å²) in [4.78, 5) is 0. The van der Waals surface area contributed by atoms with Gasteiger partial charge in [0.1, 0.15) is 0 Å². The first-order chi connectivity index (χ1) is 6.65. The molecule has 0 heterocycles. The van der Waals surface area contributed by atoms with Crippen LogP contribution in [0.1, 0.15) is 12.0 Å². The molecule has 1 rings (SSSR count). The van der Waals surface area contributed by atoms with Gasteiger partial charge in [-0.05, 0) is 12.1 Å². The highest BCUT2D eigenvalue weighted by Crippen LogP contribution is 2.28. The molecule has 0 bridgehead atoms.